The summed E-state index contributed by atoms with van der Waals surface area (Å²) in [6.45, 7) is 5.87. The zero-order chi connectivity index (χ0) is 12.8. The summed E-state index contributed by atoms with van der Waals surface area (Å²) in [5, 5.41) is 0. The van der Waals surface area contributed by atoms with Gasteiger partial charge < -0.3 is 0 Å². The Bertz CT molecular complexity index is 379. The number of benzene rings is 1. The van der Waals surface area contributed by atoms with E-state index in [-0.39, 0.29) is 17.5 Å². The van der Waals surface area contributed by atoms with Crippen molar-refractivity contribution in [2.45, 2.75) is 46.5 Å². The number of ketones is 1. The molecule has 0 N–H and O–H groups in total. The lowest BCUT2D eigenvalue weighted by atomic mass is 9.89. The van der Waals surface area contributed by atoms with Gasteiger partial charge in [-0.2, -0.15) is 0 Å². The first-order valence-corrected chi connectivity index (χ1v) is 6.40. The highest BCUT2D eigenvalue weighted by Gasteiger charge is 2.18. The van der Waals surface area contributed by atoms with Crippen LogP contribution in [0.1, 0.15) is 55.5 Å². The maximum absolute atomic E-state index is 13.1. The topological polar surface area (TPSA) is 17.1 Å². The second kappa shape index (κ2) is 6.53. The van der Waals surface area contributed by atoms with Gasteiger partial charge in [0.25, 0.3) is 0 Å². The van der Waals surface area contributed by atoms with Gasteiger partial charge >= 0.3 is 0 Å². The molecule has 0 saturated heterocycles. The molecule has 1 rings (SSSR count). The Morgan fingerprint density at radius 3 is 2.29 bits per heavy atom. The molecule has 17 heavy (non-hydrogen) atoms. The molecule has 0 aliphatic carbocycles. The minimum Gasteiger partial charge on any atom is -0.294 e. The molecule has 0 saturated carbocycles. The molecule has 0 amide bonds. The van der Waals surface area contributed by atoms with Gasteiger partial charge in [0.15, 0.2) is 5.78 Å². The maximum Gasteiger partial charge on any atom is 0.165 e. The molecule has 0 atom stereocenters. The molecule has 0 bridgehead atoms. The monoisotopic (exact) mass is 236 g/mol. The molecule has 0 aromatic heterocycles. The predicted octanol–water partition coefficient (Wildman–Crippen LogP) is 4.53. The van der Waals surface area contributed by atoms with Crippen LogP contribution >= 0.6 is 0 Å². The Balaban J connectivity index is 2.88. The summed E-state index contributed by atoms with van der Waals surface area (Å²) in [6.07, 6.45) is 3.86. The first kappa shape index (κ1) is 13.9. The fraction of sp³-hybridized carbons (Fsp3) is 0.533. The van der Waals surface area contributed by atoms with Crippen molar-refractivity contribution >= 4 is 5.78 Å². The minimum absolute atomic E-state index is 0.0925. The highest BCUT2D eigenvalue weighted by Crippen LogP contribution is 2.20. The van der Waals surface area contributed by atoms with Gasteiger partial charge in [-0.3, -0.25) is 4.79 Å². The molecule has 0 radical (unpaired) electrons. The molecular formula is C15H21FO. The lowest BCUT2D eigenvalue weighted by Gasteiger charge is -2.14. The summed E-state index contributed by atoms with van der Waals surface area (Å²) in [5.74, 6) is 0.00995. The molecule has 1 nitrogen and oxygen atoms in total. The Morgan fingerprint density at radius 1 is 1.24 bits per heavy atom. The molecule has 0 aliphatic rings. The second-order valence-electron chi connectivity index (χ2n) is 4.60. The van der Waals surface area contributed by atoms with Gasteiger partial charge in [-0.25, -0.2) is 4.39 Å². The average Bonchev–Trinajstić information content (AvgIpc) is 2.31. The van der Waals surface area contributed by atoms with Crippen molar-refractivity contribution in [2.24, 2.45) is 5.92 Å². The van der Waals surface area contributed by atoms with E-state index in [2.05, 4.69) is 13.8 Å². The Kier molecular flexibility index (Phi) is 5.33. The van der Waals surface area contributed by atoms with Crippen LogP contribution in [-0.2, 0) is 0 Å². The van der Waals surface area contributed by atoms with E-state index in [9.17, 15) is 9.18 Å². The summed E-state index contributed by atoms with van der Waals surface area (Å²) in [5.41, 5.74) is 1.19. The van der Waals surface area contributed by atoms with Gasteiger partial charge in [-0.15, -0.1) is 0 Å². The van der Waals surface area contributed by atoms with Crippen molar-refractivity contribution in [1.82, 2.24) is 0 Å². The summed E-state index contributed by atoms with van der Waals surface area (Å²) in [4.78, 5) is 12.3. The van der Waals surface area contributed by atoms with E-state index in [4.69, 9.17) is 0 Å². The quantitative estimate of drug-likeness (QED) is 0.663. The van der Waals surface area contributed by atoms with Crippen molar-refractivity contribution in [3.63, 3.8) is 0 Å². The highest BCUT2D eigenvalue weighted by molar-refractivity contribution is 5.97. The van der Waals surface area contributed by atoms with E-state index in [1.807, 2.05) is 0 Å². The van der Waals surface area contributed by atoms with Gasteiger partial charge in [0.1, 0.15) is 5.82 Å². The van der Waals surface area contributed by atoms with Crippen LogP contribution in [0.25, 0.3) is 0 Å². The fourth-order valence-electron chi connectivity index (χ4n) is 2.14. The number of rotatable bonds is 6. The molecule has 0 fully saturated rings. The number of hydrogen-bond donors (Lipinski definition) is 0. The smallest absolute Gasteiger partial charge is 0.165 e. The Morgan fingerprint density at radius 2 is 1.82 bits per heavy atom. The van der Waals surface area contributed by atoms with Crippen LogP contribution in [0, 0.1) is 18.7 Å². The molecule has 1 aromatic carbocycles. The van der Waals surface area contributed by atoms with Crippen LogP contribution in [0.2, 0.25) is 0 Å². The van der Waals surface area contributed by atoms with Crippen LogP contribution < -0.4 is 0 Å². The van der Waals surface area contributed by atoms with Crippen LogP contribution in [0.5, 0.6) is 0 Å². The van der Waals surface area contributed by atoms with Crippen molar-refractivity contribution in [2.75, 3.05) is 0 Å². The fourth-order valence-corrected chi connectivity index (χ4v) is 2.14. The third kappa shape index (κ3) is 3.65. The van der Waals surface area contributed by atoms with Gasteiger partial charge in [0.2, 0.25) is 0 Å². The number of carbonyl (C=O) groups is 1. The summed E-state index contributed by atoms with van der Waals surface area (Å²) in [6, 6.07) is 4.65. The second-order valence-corrected chi connectivity index (χ2v) is 4.60. The molecular weight excluding hydrogens is 215 g/mol. The molecule has 0 spiro atoms. The van der Waals surface area contributed by atoms with E-state index in [0.717, 1.165) is 25.7 Å². The summed E-state index contributed by atoms with van der Waals surface area (Å²) < 4.78 is 13.1. The van der Waals surface area contributed by atoms with E-state index >= 15 is 0 Å². The van der Waals surface area contributed by atoms with E-state index in [1.165, 1.54) is 6.07 Å². The maximum atomic E-state index is 13.1. The van der Waals surface area contributed by atoms with Gasteiger partial charge in [0.05, 0.1) is 0 Å². The SMILES string of the molecule is CCCC(CCC)C(=O)c1ccc(F)c(C)c1. The van der Waals surface area contributed by atoms with E-state index < -0.39 is 0 Å². The zero-order valence-electron chi connectivity index (χ0n) is 10.9. The predicted molar refractivity (Wildman–Crippen MR) is 68.8 cm³/mol. The number of carbonyl (C=O) groups excluding carboxylic acids is 1. The first-order chi connectivity index (χ1) is 8.10. The molecule has 2 heteroatoms. The van der Waals surface area contributed by atoms with Crippen molar-refractivity contribution in [3.05, 3.63) is 35.1 Å². The molecule has 0 unspecified atom stereocenters. The first-order valence-electron chi connectivity index (χ1n) is 6.40. The van der Waals surface area contributed by atoms with Crippen molar-refractivity contribution < 1.29 is 9.18 Å². The Hall–Kier alpha value is -1.18. The lowest BCUT2D eigenvalue weighted by Crippen LogP contribution is -2.15. The number of aryl methyl sites for hydroxylation is 1. The number of Topliss-reactive ketones (excluding diaryl/α,β-unsaturated/α-hetero) is 1. The largest absolute Gasteiger partial charge is 0.294 e. The van der Waals surface area contributed by atoms with E-state index in [0.29, 0.717) is 11.1 Å². The van der Waals surface area contributed by atoms with E-state index in [1.54, 1.807) is 19.1 Å². The average molecular weight is 236 g/mol. The lowest BCUT2D eigenvalue weighted by molar-refractivity contribution is 0.0905. The summed E-state index contributed by atoms with van der Waals surface area (Å²) >= 11 is 0. The third-order valence-electron chi connectivity index (χ3n) is 3.09. The molecule has 0 aliphatic heterocycles. The minimum atomic E-state index is -0.246. The number of halogens is 1. The Labute approximate surface area is 103 Å². The normalized spacial score (nSPS) is 10.9. The summed E-state index contributed by atoms with van der Waals surface area (Å²) in [7, 11) is 0. The van der Waals surface area contributed by atoms with Gasteiger partial charge in [-0.1, -0.05) is 26.7 Å². The molecule has 94 valence electrons. The number of hydrogen-bond acceptors (Lipinski definition) is 1. The van der Waals surface area contributed by atoms with Crippen LogP contribution in [0.15, 0.2) is 18.2 Å². The van der Waals surface area contributed by atoms with Crippen LogP contribution in [0.4, 0.5) is 4.39 Å². The highest BCUT2D eigenvalue weighted by atomic mass is 19.1. The van der Waals surface area contributed by atoms with Gasteiger partial charge in [-0.05, 0) is 43.5 Å². The third-order valence-corrected chi connectivity index (χ3v) is 3.09. The standard InChI is InChI=1S/C15H21FO/c1-4-6-12(7-5-2)15(17)13-8-9-14(16)11(3)10-13/h8-10,12H,4-7H2,1-3H3. The van der Waals surface area contributed by atoms with Crippen LogP contribution in [0.3, 0.4) is 0 Å². The van der Waals surface area contributed by atoms with Crippen molar-refractivity contribution in [3.8, 4) is 0 Å². The van der Waals surface area contributed by atoms with Gasteiger partial charge in [0, 0.05) is 11.5 Å². The zero-order valence-corrected chi connectivity index (χ0v) is 10.9. The van der Waals surface area contributed by atoms with Crippen LogP contribution in [-0.4, -0.2) is 5.78 Å². The molecule has 0 heterocycles. The molecule has 1 aromatic rings. The van der Waals surface area contributed by atoms with Crippen molar-refractivity contribution in [1.29, 1.82) is 0 Å².